The molecule has 25 heavy (non-hydrogen) atoms. The molecular formula is C24H28O. The summed E-state index contributed by atoms with van der Waals surface area (Å²) >= 11 is 0. The smallest absolute Gasteiger partial charge is 0.0713 e. The maximum absolute atomic E-state index is 5.15. The van der Waals surface area contributed by atoms with E-state index in [0.29, 0.717) is 6.61 Å². The number of methoxy groups -OCH3 is 1. The van der Waals surface area contributed by atoms with E-state index in [1.54, 1.807) is 7.11 Å². The van der Waals surface area contributed by atoms with Crippen molar-refractivity contribution in [1.29, 1.82) is 0 Å². The van der Waals surface area contributed by atoms with Crippen molar-refractivity contribution in [2.75, 3.05) is 7.11 Å². The summed E-state index contributed by atoms with van der Waals surface area (Å²) in [6, 6.07) is 15.1. The second-order valence-electron chi connectivity index (χ2n) is 8.41. The Hall–Kier alpha value is -2.04. The van der Waals surface area contributed by atoms with Crippen LogP contribution in [0.1, 0.15) is 68.4 Å². The first-order valence-corrected chi connectivity index (χ1v) is 9.07. The molecule has 1 aliphatic rings. The van der Waals surface area contributed by atoms with Crippen LogP contribution in [0.15, 0.2) is 42.5 Å². The van der Waals surface area contributed by atoms with E-state index in [0.717, 1.165) is 11.1 Å². The number of hydrogen-bond acceptors (Lipinski definition) is 1. The van der Waals surface area contributed by atoms with Crippen LogP contribution in [0.2, 0.25) is 0 Å². The van der Waals surface area contributed by atoms with Crippen LogP contribution in [0.4, 0.5) is 0 Å². The quantitative estimate of drug-likeness (QED) is 0.652. The van der Waals surface area contributed by atoms with E-state index in [-0.39, 0.29) is 10.8 Å². The van der Waals surface area contributed by atoms with Gasteiger partial charge >= 0.3 is 0 Å². The zero-order valence-corrected chi connectivity index (χ0v) is 16.1. The molecule has 0 aromatic heterocycles. The highest BCUT2D eigenvalue weighted by Crippen LogP contribution is 2.45. The lowest BCUT2D eigenvalue weighted by atomic mass is 9.63. The predicted octanol–water partition coefficient (Wildman–Crippen LogP) is 5.58. The molecule has 0 bridgehead atoms. The van der Waals surface area contributed by atoms with Crippen LogP contribution >= 0.6 is 0 Å². The number of benzene rings is 2. The van der Waals surface area contributed by atoms with Gasteiger partial charge in [0, 0.05) is 18.2 Å². The van der Waals surface area contributed by atoms with Crippen LogP contribution in [0, 0.1) is 11.8 Å². The van der Waals surface area contributed by atoms with Gasteiger partial charge < -0.3 is 4.74 Å². The van der Waals surface area contributed by atoms with Gasteiger partial charge in [-0.25, -0.2) is 0 Å². The van der Waals surface area contributed by atoms with Gasteiger partial charge in [0.25, 0.3) is 0 Å². The highest BCUT2D eigenvalue weighted by atomic mass is 16.5. The summed E-state index contributed by atoms with van der Waals surface area (Å²) in [6.07, 6.45) is 2.47. The highest BCUT2D eigenvalue weighted by molar-refractivity contribution is 5.50. The van der Waals surface area contributed by atoms with Crippen LogP contribution in [-0.2, 0) is 22.2 Å². The topological polar surface area (TPSA) is 9.23 Å². The molecule has 0 atom stereocenters. The van der Waals surface area contributed by atoms with Crippen molar-refractivity contribution in [3.05, 3.63) is 70.3 Å². The molecule has 1 nitrogen and oxygen atoms in total. The lowest BCUT2D eigenvalue weighted by Gasteiger charge is -2.41. The van der Waals surface area contributed by atoms with Crippen molar-refractivity contribution >= 4 is 0 Å². The van der Waals surface area contributed by atoms with Crippen molar-refractivity contribution in [1.82, 2.24) is 0 Å². The average molecular weight is 332 g/mol. The van der Waals surface area contributed by atoms with Gasteiger partial charge in [-0.05, 0) is 64.6 Å². The molecule has 0 N–H and O–H groups in total. The fraction of sp³-hybridized carbons (Fsp3) is 0.417. The first-order valence-electron chi connectivity index (χ1n) is 9.07. The van der Waals surface area contributed by atoms with Crippen molar-refractivity contribution in [3.8, 4) is 11.8 Å². The Labute approximate surface area is 152 Å². The van der Waals surface area contributed by atoms with Crippen LogP contribution in [0.5, 0.6) is 0 Å². The fourth-order valence-corrected chi connectivity index (χ4v) is 3.66. The first-order chi connectivity index (χ1) is 11.8. The molecule has 3 rings (SSSR count). The lowest BCUT2D eigenvalue weighted by Crippen LogP contribution is -2.33. The molecule has 0 aliphatic heterocycles. The van der Waals surface area contributed by atoms with Gasteiger partial charge in [-0.15, -0.1) is 0 Å². The van der Waals surface area contributed by atoms with Crippen molar-refractivity contribution in [2.45, 2.75) is 58.0 Å². The number of rotatable bonds is 2. The monoisotopic (exact) mass is 332 g/mol. The molecule has 0 saturated carbocycles. The minimum atomic E-state index is 0.227. The third kappa shape index (κ3) is 3.80. The van der Waals surface area contributed by atoms with E-state index < -0.39 is 0 Å². The Kier molecular flexibility index (Phi) is 4.76. The molecule has 0 unspecified atom stereocenters. The molecule has 1 aliphatic carbocycles. The third-order valence-electron chi connectivity index (χ3n) is 5.47. The van der Waals surface area contributed by atoms with E-state index in [1.807, 2.05) is 0 Å². The van der Waals surface area contributed by atoms with E-state index in [9.17, 15) is 0 Å². The Morgan fingerprint density at radius 1 is 0.800 bits per heavy atom. The molecule has 0 amide bonds. The van der Waals surface area contributed by atoms with E-state index in [1.165, 1.54) is 29.5 Å². The fourth-order valence-electron chi connectivity index (χ4n) is 3.66. The zero-order chi connectivity index (χ0) is 18.1. The van der Waals surface area contributed by atoms with Gasteiger partial charge in [0.05, 0.1) is 6.61 Å². The number of hydrogen-bond donors (Lipinski definition) is 0. The molecule has 2 aromatic rings. The summed E-state index contributed by atoms with van der Waals surface area (Å²) in [5.74, 6) is 6.64. The molecular weight excluding hydrogens is 304 g/mol. The molecule has 2 aromatic carbocycles. The normalized spacial score (nSPS) is 17.3. The second-order valence-corrected chi connectivity index (χ2v) is 8.41. The van der Waals surface area contributed by atoms with Crippen LogP contribution in [0.3, 0.4) is 0 Å². The molecule has 0 radical (unpaired) electrons. The standard InChI is InChI=1S/C24H28O/c1-23(2)14-15-24(3,4)22-16-19(12-13-21(22)23)9-6-18-7-10-20(11-8-18)17-25-5/h7-8,10-13,16H,14-15,17H2,1-5H3. The van der Waals surface area contributed by atoms with Crippen LogP contribution in [0.25, 0.3) is 0 Å². The van der Waals surface area contributed by atoms with Crippen molar-refractivity contribution in [2.24, 2.45) is 0 Å². The minimum Gasteiger partial charge on any atom is -0.380 e. The molecule has 130 valence electrons. The zero-order valence-electron chi connectivity index (χ0n) is 16.1. The van der Waals surface area contributed by atoms with Crippen LogP contribution < -0.4 is 0 Å². The third-order valence-corrected chi connectivity index (χ3v) is 5.47. The first kappa shape index (κ1) is 17.8. The van der Waals surface area contributed by atoms with E-state index in [2.05, 4.69) is 82.0 Å². The summed E-state index contributed by atoms with van der Waals surface area (Å²) in [6.45, 7) is 10.1. The SMILES string of the molecule is COCc1ccc(C#Cc2ccc3c(c2)C(C)(C)CCC3(C)C)cc1. The molecule has 0 saturated heterocycles. The maximum atomic E-state index is 5.15. The highest BCUT2D eigenvalue weighted by Gasteiger charge is 2.36. The van der Waals surface area contributed by atoms with Gasteiger partial charge in [0.1, 0.15) is 0 Å². The Bertz CT molecular complexity index is 813. The summed E-state index contributed by atoms with van der Waals surface area (Å²) in [5, 5.41) is 0. The molecule has 0 heterocycles. The summed E-state index contributed by atoms with van der Waals surface area (Å²) in [4.78, 5) is 0. The predicted molar refractivity (Wildman–Crippen MR) is 105 cm³/mol. The van der Waals surface area contributed by atoms with Gasteiger partial charge in [-0.3, -0.25) is 0 Å². The summed E-state index contributed by atoms with van der Waals surface area (Å²) in [5.41, 5.74) is 6.75. The van der Waals surface area contributed by atoms with Crippen molar-refractivity contribution < 1.29 is 4.74 Å². The Morgan fingerprint density at radius 2 is 1.36 bits per heavy atom. The number of fused-ring (bicyclic) bond motifs is 1. The van der Waals surface area contributed by atoms with Crippen molar-refractivity contribution in [3.63, 3.8) is 0 Å². The molecule has 0 spiro atoms. The summed E-state index contributed by atoms with van der Waals surface area (Å²) in [7, 11) is 1.71. The number of ether oxygens (including phenoxy) is 1. The maximum Gasteiger partial charge on any atom is 0.0713 e. The largest absolute Gasteiger partial charge is 0.380 e. The second kappa shape index (κ2) is 6.70. The van der Waals surface area contributed by atoms with E-state index >= 15 is 0 Å². The van der Waals surface area contributed by atoms with Gasteiger partial charge in [-0.1, -0.05) is 57.7 Å². The lowest BCUT2D eigenvalue weighted by molar-refractivity contribution is 0.185. The van der Waals surface area contributed by atoms with Gasteiger partial charge in [0.2, 0.25) is 0 Å². The average Bonchev–Trinajstić information content (AvgIpc) is 2.59. The van der Waals surface area contributed by atoms with Gasteiger partial charge in [-0.2, -0.15) is 0 Å². The Balaban J connectivity index is 1.90. The summed E-state index contributed by atoms with van der Waals surface area (Å²) < 4.78 is 5.15. The minimum absolute atomic E-state index is 0.227. The Morgan fingerprint density at radius 3 is 2.00 bits per heavy atom. The van der Waals surface area contributed by atoms with Gasteiger partial charge in [0.15, 0.2) is 0 Å². The molecule has 1 heteroatoms. The molecule has 0 fully saturated rings. The van der Waals surface area contributed by atoms with E-state index in [4.69, 9.17) is 4.74 Å². The van der Waals surface area contributed by atoms with Crippen LogP contribution in [-0.4, -0.2) is 7.11 Å².